The van der Waals surface area contributed by atoms with Crippen molar-refractivity contribution < 1.29 is 27.8 Å². The van der Waals surface area contributed by atoms with Crippen molar-refractivity contribution in [3.63, 3.8) is 0 Å². The molecule has 1 amide bonds. The van der Waals surface area contributed by atoms with Crippen LogP contribution in [0.3, 0.4) is 0 Å². The van der Waals surface area contributed by atoms with Crippen LogP contribution >= 0.6 is 11.6 Å². The zero-order valence-electron chi connectivity index (χ0n) is 22.1. The second-order valence-electron chi connectivity index (χ2n) is 10.7. The molecule has 2 aromatic rings. The molecule has 0 aliphatic carbocycles. The Kier molecular flexibility index (Phi) is 9.50. The molecule has 1 aliphatic heterocycles. The Morgan fingerprint density at radius 2 is 1.76 bits per heavy atom. The fourth-order valence-electron chi connectivity index (χ4n) is 4.00. The number of piperidine rings is 1. The van der Waals surface area contributed by atoms with Gasteiger partial charge in [0.05, 0.1) is 11.4 Å². The van der Waals surface area contributed by atoms with Gasteiger partial charge in [-0.05, 0) is 68.7 Å². The summed E-state index contributed by atoms with van der Waals surface area (Å²) < 4.78 is 39.7. The van der Waals surface area contributed by atoms with E-state index in [4.69, 9.17) is 21.1 Å². The number of aliphatic hydroxyl groups excluding tert-OH is 1. The molecule has 0 aromatic heterocycles. The molecule has 3 rings (SSSR count). The molecule has 1 saturated heterocycles. The van der Waals surface area contributed by atoms with Gasteiger partial charge < -0.3 is 19.5 Å². The van der Waals surface area contributed by atoms with Crippen molar-refractivity contribution in [1.29, 1.82) is 0 Å². The van der Waals surface area contributed by atoms with Crippen molar-refractivity contribution in [3.8, 4) is 5.75 Å². The van der Waals surface area contributed by atoms with Gasteiger partial charge >= 0.3 is 6.09 Å². The molecule has 1 aliphatic rings. The lowest BCUT2D eigenvalue weighted by molar-refractivity contribution is -0.0374. The number of aliphatic hydroxyl groups is 1. The average Bonchev–Trinajstić information content (AvgIpc) is 2.80. The van der Waals surface area contributed by atoms with Gasteiger partial charge in [0.1, 0.15) is 23.6 Å². The van der Waals surface area contributed by atoms with Gasteiger partial charge in [0.25, 0.3) is 0 Å². The number of benzene rings is 2. The molecule has 0 saturated carbocycles. The van der Waals surface area contributed by atoms with Gasteiger partial charge in [0.15, 0.2) is 0 Å². The highest BCUT2D eigenvalue weighted by molar-refractivity contribution is 7.89. The predicted octanol–water partition coefficient (Wildman–Crippen LogP) is 4.94. The Hall–Kier alpha value is -2.33. The number of rotatable bonds is 8. The summed E-state index contributed by atoms with van der Waals surface area (Å²) in [6.07, 6.45) is -1.47. The normalized spacial score (nSPS) is 18.8. The Morgan fingerprint density at radius 1 is 1.14 bits per heavy atom. The number of halogens is 1. The minimum Gasteiger partial charge on any atom is -0.488 e. The zero-order valence-corrected chi connectivity index (χ0v) is 23.6. The number of amides is 1. The summed E-state index contributed by atoms with van der Waals surface area (Å²) in [5.41, 5.74) is 0.233. The van der Waals surface area contributed by atoms with Gasteiger partial charge in [-0.1, -0.05) is 37.6 Å². The maximum absolute atomic E-state index is 13.5. The van der Waals surface area contributed by atoms with E-state index in [9.17, 15) is 18.3 Å². The molecule has 204 valence electrons. The number of β-amino-alcohol motifs (C(OH)–C–C–N with tert-alkyl or cyclic N) is 1. The maximum atomic E-state index is 13.5. The lowest BCUT2D eigenvalue weighted by Gasteiger charge is -2.36. The summed E-state index contributed by atoms with van der Waals surface area (Å²) in [5, 5.41) is 11.2. The third-order valence-corrected chi connectivity index (χ3v) is 7.84. The Labute approximate surface area is 225 Å². The minimum atomic E-state index is -3.76. The topological polar surface area (TPSA) is 96.4 Å². The third kappa shape index (κ3) is 8.33. The maximum Gasteiger partial charge on any atom is 0.410 e. The SMILES string of the molecule is CC(C)CN(Cc1ccc(Cl)cc1)S(=O)(=O)c1ccc(O[C@@H]2CCN(C(=O)OC(C)(C)C)C[C@H]2O)cc1. The van der Waals surface area contributed by atoms with Gasteiger partial charge in [0, 0.05) is 31.1 Å². The summed E-state index contributed by atoms with van der Waals surface area (Å²) in [7, 11) is -3.76. The van der Waals surface area contributed by atoms with Crippen molar-refractivity contribution in [1.82, 2.24) is 9.21 Å². The number of sulfonamides is 1. The summed E-state index contributed by atoms with van der Waals surface area (Å²) in [6.45, 7) is 10.4. The zero-order chi connectivity index (χ0) is 27.4. The fourth-order valence-corrected chi connectivity index (χ4v) is 5.72. The minimum absolute atomic E-state index is 0.0981. The quantitative estimate of drug-likeness (QED) is 0.498. The highest BCUT2D eigenvalue weighted by Crippen LogP contribution is 2.25. The molecule has 2 atom stereocenters. The molecule has 8 nitrogen and oxygen atoms in total. The van der Waals surface area contributed by atoms with Crippen molar-refractivity contribution >= 4 is 27.7 Å². The molecule has 0 bridgehead atoms. The lowest BCUT2D eigenvalue weighted by Crippen LogP contribution is -2.52. The Balaban J connectivity index is 1.66. The molecule has 0 unspecified atom stereocenters. The molecule has 10 heteroatoms. The highest BCUT2D eigenvalue weighted by atomic mass is 35.5. The Bertz CT molecular complexity index is 1150. The van der Waals surface area contributed by atoms with Crippen molar-refractivity contribution in [2.75, 3.05) is 19.6 Å². The van der Waals surface area contributed by atoms with Crippen molar-refractivity contribution in [3.05, 3.63) is 59.1 Å². The van der Waals surface area contributed by atoms with Crippen molar-refractivity contribution in [2.24, 2.45) is 5.92 Å². The van der Waals surface area contributed by atoms with E-state index in [2.05, 4.69) is 0 Å². The summed E-state index contributed by atoms with van der Waals surface area (Å²) in [5.74, 6) is 0.583. The van der Waals surface area contributed by atoms with Crippen LogP contribution in [0.5, 0.6) is 5.75 Å². The lowest BCUT2D eigenvalue weighted by atomic mass is 10.1. The summed E-state index contributed by atoms with van der Waals surface area (Å²) in [6, 6.07) is 13.4. The van der Waals surface area contributed by atoms with E-state index in [1.165, 1.54) is 21.3 Å². The van der Waals surface area contributed by atoms with Gasteiger partial charge in [0.2, 0.25) is 10.0 Å². The van der Waals surface area contributed by atoms with E-state index in [-0.39, 0.29) is 23.9 Å². The fraction of sp³-hybridized carbons (Fsp3) is 0.519. The van der Waals surface area contributed by atoms with Crippen LogP contribution in [0.2, 0.25) is 5.02 Å². The number of ether oxygens (including phenoxy) is 2. The molecular formula is C27H37ClN2O6S. The van der Waals surface area contributed by atoms with Crippen LogP contribution in [0.15, 0.2) is 53.4 Å². The van der Waals surface area contributed by atoms with Crippen LogP contribution in [0.25, 0.3) is 0 Å². The monoisotopic (exact) mass is 552 g/mol. The first kappa shape index (κ1) is 29.2. The van der Waals surface area contributed by atoms with E-state index in [0.29, 0.717) is 30.3 Å². The Morgan fingerprint density at radius 3 is 2.30 bits per heavy atom. The third-order valence-electron chi connectivity index (χ3n) is 5.76. The number of carbonyl (C=O) groups is 1. The van der Waals surface area contributed by atoms with E-state index in [1.807, 2.05) is 26.0 Å². The molecule has 2 aromatic carbocycles. The number of nitrogens with zero attached hydrogens (tertiary/aromatic N) is 2. The smallest absolute Gasteiger partial charge is 0.410 e. The molecule has 1 heterocycles. The van der Waals surface area contributed by atoms with Crippen LogP contribution in [0, 0.1) is 5.92 Å². The van der Waals surface area contributed by atoms with Gasteiger partial charge in [-0.2, -0.15) is 4.31 Å². The largest absolute Gasteiger partial charge is 0.488 e. The van der Waals surface area contributed by atoms with Crippen LogP contribution in [0.4, 0.5) is 4.79 Å². The first-order valence-corrected chi connectivity index (χ1v) is 14.2. The molecule has 1 fully saturated rings. The predicted molar refractivity (Wildman–Crippen MR) is 143 cm³/mol. The summed E-state index contributed by atoms with van der Waals surface area (Å²) >= 11 is 5.97. The van der Waals surface area contributed by atoms with Gasteiger partial charge in [-0.15, -0.1) is 0 Å². The van der Waals surface area contributed by atoms with Crippen LogP contribution < -0.4 is 4.74 Å². The molecular weight excluding hydrogens is 516 g/mol. The molecule has 0 spiro atoms. The number of likely N-dealkylation sites (tertiary alicyclic amines) is 1. The van der Waals surface area contributed by atoms with E-state index >= 15 is 0 Å². The second kappa shape index (κ2) is 12.0. The van der Waals surface area contributed by atoms with Gasteiger partial charge in [-0.3, -0.25) is 0 Å². The van der Waals surface area contributed by atoms with Crippen LogP contribution in [-0.4, -0.2) is 66.3 Å². The number of hydrogen-bond acceptors (Lipinski definition) is 6. The average molecular weight is 553 g/mol. The van der Waals surface area contributed by atoms with E-state index in [1.54, 1.807) is 45.0 Å². The number of hydrogen-bond donors (Lipinski definition) is 1. The first-order chi connectivity index (χ1) is 17.2. The highest BCUT2D eigenvalue weighted by Gasteiger charge is 2.34. The molecule has 0 radical (unpaired) electrons. The van der Waals surface area contributed by atoms with Crippen LogP contribution in [-0.2, 0) is 21.3 Å². The van der Waals surface area contributed by atoms with Crippen molar-refractivity contribution in [2.45, 2.75) is 70.3 Å². The van der Waals surface area contributed by atoms with Gasteiger partial charge in [-0.25, -0.2) is 13.2 Å². The van der Waals surface area contributed by atoms with E-state index < -0.39 is 33.9 Å². The number of carbonyl (C=O) groups excluding carboxylic acids is 1. The van der Waals surface area contributed by atoms with Crippen LogP contribution in [0.1, 0.15) is 46.6 Å². The molecule has 37 heavy (non-hydrogen) atoms. The summed E-state index contributed by atoms with van der Waals surface area (Å²) in [4.78, 5) is 13.9. The molecule has 1 N–H and O–H groups in total. The second-order valence-corrected chi connectivity index (χ2v) is 13.1. The first-order valence-electron chi connectivity index (χ1n) is 12.4. The standard InChI is InChI=1S/C27H37ClN2O6S/c1-19(2)16-30(17-20-6-8-21(28)9-7-20)37(33,34)23-12-10-22(11-13-23)35-25-14-15-29(18-24(25)31)26(32)36-27(3,4)5/h6-13,19,24-25,31H,14-18H2,1-5H3/t24-,25-/m1/s1. The van der Waals surface area contributed by atoms with E-state index in [0.717, 1.165) is 5.56 Å².